The largest absolute Gasteiger partial charge is 0.454 e. The van der Waals surface area contributed by atoms with Gasteiger partial charge in [0.1, 0.15) is 0 Å². The highest BCUT2D eigenvalue weighted by Crippen LogP contribution is 2.38. The van der Waals surface area contributed by atoms with E-state index in [1.807, 2.05) is 13.8 Å². The molecule has 6 nitrogen and oxygen atoms in total. The van der Waals surface area contributed by atoms with Crippen LogP contribution in [0.1, 0.15) is 51.0 Å². The fraction of sp³-hybridized carbons (Fsp3) is 0.368. The zero-order valence-corrected chi connectivity index (χ0v) is 16.9. The van der Waals surface area contributed by atoms with Gasteiger partial charge in [0.2, 0.25) is 5.78 Å². The Morgan fingerprint density at radius 2 is 1.85 bits per heavy atom. The number of nitrogens with zero attached hydrogens (tertiary/aromatic N) is 1. The van der Waals surface area contributed by atoms with Crippen LogP contribution in [0.4, 0.5) is 0 Å². The number of aromatic nitrogens is 1. The van der Waals surface area contributed by atoms with Gasteiger partial charge in [0.05, 0.1) is 15.5 Å². The van der Waals surface area contributed by atoms with E-state index in [1.54, 1.807) is 6.07 Å². The van der Waals surface area contributed by atoms with Crippen molar-refractivity contribution in [1.29, 1.82) is 0 Å². The molecule has 0 bridgehead atoms. The molecule has 1 aliphatic carbocycles. The smallest absolute Gasteiger partial charge is 0.340 e. The summed E-state index contributed by atoms with van der Waals surface area (Å²) in [6.07, 6.45) is 3.24. The van der Waals surface area contributed by atoms with Crippen LogP contribution < -0.4 is 0 Å². The van der Waals surface area contributed by atoms with Crippen LogP contribution in [0.15, 0.2) is 29.2 Å². The van der Waals surface area contributed by atoms with Crippen LogP contribution in [-0.2, 0) is 14.6 Å². The summed E-state index contributed by atoms with van der Waals surface area (Å²) < 4.78 is 30.5. The minimum atomic E-state index is -3.50. The molecule has 1 heterocycles. The molecule has 144 valence electrons. The van der Waals surface area contributed by atoms with E-state index in [2.05, 4.69) is 4.57 Å². The van der Waals surface area contributed by atoms with E-state index in [0.29, 0.717) is 11.6 Å². The van der Waals surface area contributed by atoms with Gasteiger partial charge < -0.3 is 9.30 Å². The second-order valence-corrected chi connectivity index (χ2v) is 9.22. The summed E-state index contributed by atoms with van der Waals surface area (Å²) in [4.78, 5) is 24.8. The van der Waals surface area contributed by atoms with Gasteiger partial charge in [-0.05, 0) is 51.0 Å². The van der Waals surface area contributed by atoms with E-state index in [-0.39, 0.29) is 21.3 Å². The molecule has 1 aliphatic rings. The SMILES string of the molecule is Cc1cc(C(=O)COC(=O)c2cc(S(C)(=O)=O)ccc2Cl)c(C)n1C1CC1. The van der Waals surface area contributed by atoms with Crippen LogP contribution in [-0.4, -0.2) is 37.6 Å². The highest BCUT2D eigenvalue weighted by molar-refractivity contribution is 7.90. The predicted octanol–water partition coefficient (Wildman–Crippen LogP) is 3.54. The molecule has 0 unspecified atom stereocenters. The van der Waals surface area contributed by atoms with Gasteiger partial charge in [-0.2, -0.15) is 0 Å². The summed E-state index contributed by atoms with van der Waals surface area (Å²) >= 11 is 5.98. The van der Waals surface area contributed by atoms with Crippen molar-refractivity contribution in [3.63, 3.8) is 0 Å². The summed E-state index contributed by atoms with van der Waals surface area (Å²) in [5.74, 6) is -1.14. The number of halogens is 1. The van der Waals surface area contributed by atoms with Gasteiger partial charge in [0.25, 0.3) is 0 Å². The standard InChI is InChI=1S/C19H20ClNO5S/c1-11-8-15(12(2)21(11)13-4-5-13)18(22)10-26-19(23)16-9-14(27(3,24)25)6-7-17(16)20/h6-9,13H,4-5,10H2,1-3H3. The summed E-state index contributed by atoms with van der Waals surface area (Å²) in [6, 6.07) is 6.04. The van der Waals surface area contributed by atoms with E-state index in [4.69, 9.17) is 16.3 Å². The van der Waals surface area contributed by atoms with E-state index < -0.39 is 22.4 Å². The number of aryl methyl sites for hydroxylation is 1. The van der Waals surface area contributed by atoms with Gasteiger partial charge in [0, 0.05) is 29.2 Å². The Labute approximate surface area is 163 Å². The maximum atomic E-state index is 12.5. The van der Waals surface area contributed by atoms with Crippen molar-refractivity contribution in [2.75, 3.05) is 12.9 Å². The van der Waals surface area contributed by atoms with E-state index in [1.165, 1.54) is 12.1 Å². The van der Waals surface area contributed by atoms with Gasteiger partial charge in [-0.1, -0.05) is 11.6 Å². The van der Waals surface area contributed by atoms with E-state index in [0.717, 1.165) is 36.6 Å². The van der Waals surface area contributed by atoms with Crippen LogP contribution in [0.25, 0.3) is 0 Å². The van der Waals surface area contributed by atoms with Crippen LogP contribution in [0.3, 0.4) is 0 Å². The molecule has 0 spiro atoms. The molecule has 1 aromatic carbocycles. The van der Waals surface area contributed by atoms with Crippen molar-refractivity contribution >= 4 is 33.2 Å². The lowest BCUT2D eigenvalue weighted by atomic mass is 10.1. The van der Waals surface area contributed by atoms with Crippen LogP contribution in [0.2, 0.25) is 5.02 Å². The monoisotopic (exact) mass is 409 g/mol. The lowest BCUT2D eigenvalue weighted by Gasteiger charge is -2.09. The molecule has 0 atom stereocenters. The number of rotatable bonds is 6. The molecular formula is C19H20ClNO5S. The number of hydrogen-bond acceptors (Lipinski definition) is 5. The molecule has 3 rings (SSSR count). The number of esters is 1. The Bertz CT molecular complexity index is 1030. The molecule has 8 heteroatoms. The first-order chi connectivity index (χ1) is 12.6. The Kier molecular flexibility index (Phi) is 5.18. The number of Topliss-reactive ketones (excluding diaryl/α,β-unsaturated/α-hetero) is 1. The number of hydrogen-bond donors (Lipinski definition) is 0. The summed E-state index contributed by atoms with van der Waals surface area (Å²) in [5.41, 5.74) is 2.32. The first-order valence-corrected chi connectivity index (χ1v) is 10.7. The van der Waals surface area contributed by atoms with E-state index in [9.17, 15) is 18.0 Å². The number of benzene rings is 1. The number of carbonyl (C=O) groups is 2. The molecule has 0 N–H and O–H groups in total. The van der Waals surface area contributed by atoms with Gasteiger partial charge in [-0.15, -0.1) is 0 Å². The number of ketones is 1. The second kappa shape index (κ2) is 7.13. The van der Waals surface area contributed by atoms with Crippen molar-refractivity contribution in [3.05, 3.63) is 51.8 Å². The molecular weight excluding hydrogens is 390 g/mol. The molecule has 2 aromatic rings. The van der Waals surface area contributed by atoms with Crippen molar-refractivity contribution in [1.82, 2.24) is 4.57 Å². The molecule has 0 aliphatic heterocycles. The van der Waals surface area contributed by atoms with Crippen molar-refractivity contribution < 1.29 is 22.7 Å². The average molecular weight is 410 g/mol. The maximum absolute atomic E-state index is 12.5. The first kappa shape index (κ1) is 19.6. The number of carbonyl (C=O) groups excluding carboxylic acids is 2. The fourth-order valence-corrected chi connectivity index (χ4v) is 3.97. The summed E-state index contributed by atoms with van der Waals surface area (Å²) in [7, 11) is -3.50. The van der Waals surface area contributed by atoms with Gasteiger partial charge in [-0.25, -0.2) is 13.2 Å². The topological polar surface area (TPSA) is 82.4 Å². The Morgan fingerprint density at radius 3 is 2.44 bits per heavy atom. The van der Waals surface area contributed by atoms with Gasteiger partial charge in [-0.3, -0.25) is 4.79 Å². The van der Waals surface area contributed by atoms with Crippen molar-refractivity contribution in [3.8, 4) is 0 Å². The zero-order valence-electron chi connectivity index (χ0n) is 15.3. The van der Waals surface area contributed by atoms with E-state index >= 15 is 0 Å². The zero-order chi connectivity index (χ0) is 19.9. The van der Waals surface area contributed by atoms with Crippen LogP contribution >= 0.6 is 11.6 Å². The molecule has 27 heavy (non-hydrogen) atoms. The predicted molar refractivity (Wildman–Crippen MR) is 101 cm³/mol. The minimum absolute atomic E-state index is 0.0434. The normalized spacial score (nSPS) is 14.2. The lowest BCUT2D eigenvalue weighted by Crippen LogP contribution is -2.16. The molecule has 1 saturated carbocycles. The average Bonchev–Trinajstić information content (AvgIpc) is 3.37. The van der Waals surface area contributed by atoms with Crippen LogP contribution in [0, 0.1) is 13.8 Å². The second-order valence-electron chi connectivity index (χ2n) is 6.80. The maximum Gasteiger partial charge on any atom is 0.340 e. The third-order valence-corrected chi connectivity index (χ3v) is 6.06. The fourth-order valence-electron chi connectivity index (χ4n) is 3.13. The highest BCUT2D eigenvalue weighted by Gasteiger charge is 2.28. The quantitative estimate of drug-likeness (QED) is 0.538. The lowest BCUT2D eigenvalue weighted by molar-refractivity contribution is 0.0474. The first-order valence-electron chi connectivity index (χ1n) is 8.48. The number of ether oxygens (including phenoxy) is 1. The molecule has 0 radical (unpaired) electrons. The third-order valence-electron chi connectivity index (χ3n) is 4.62. The Hall–Kier alpha value is -2.12. The molecule has 1 aromatic heterocycles. The number of sulfone groups is 1. The molecule has 1 fully saturated rings. The van der Waals surface area contributed by atoms with Gasteiger partial charge in [0.15, 0.2) is 16.4 Å². The van der Waals surface area contributed by atoms with Crippen LogP contribution in [0.5, 0.6) is 0 Å². The highest BCUT2D eigenvalue weighted by atomic mass is 35.5. The summed E-state index contributed by atoms with van der Waals surface area (Å²) in [6.45, 7) is 3.39. The van der Waals surface area contributed by atoms with Gasteiger partial charge >= 0.3 is 5.97 Å². The summed E-state index contributed by atoms with van der Waals surface area (Å²) in [5, 5.41) is 0.0618. The Morgan fingerprint density at radius 1 is 1.19 bits per heavy atom. The Balaban J connectivity index is 1.75. The molecule has 0 amide bonds. The minimum Gasteiger partial charge on any atom is -0.454 e. The van der Waals surface area contributed by atoms with Crippen molar-refractivity contribution in [2.45, 2.75) is 37.6 Å². The van der Waals surface area contributed by atoms with Crippen molar-refractivity contribution in [2.24, 2.45) is 0 Å². The molecule has 0 saturated heterocycles. The third kappa shape index (κ3) is 4.09.